The number of nitrogens with one attached hydrogen (secondary N) is 1. The Labute approximate surface area is 171 Å². The highest BCUT2D eigenvalue weighted by atomic mass is 16.3. The van der Waals surface area contributed by atoms with Crippen LogP contribution in [-0.2, 0) is 6.61 Å². The number of hydrogen-bond donors (Lipinski definition) is 2. The number of H-pyrrole nitrogens is 1. The first-order chi connectivity index (χ1) is 14.1. The van der Waals surface area contributed by atoms with Gasteiger partial charge >= 0.3 is 0 Å². The molecule has 3 heterocycles. The number of hydrogen-bond acceptors (Lipinski definition) is 5. The van der Waals surface area contributed by atoms with Gasteiger partial charge in [0.25, 0.3) is 0 Å². The maximum atomic E-state index is 10.1. The van der Waals surface area contributed by atoms with Crippen molar-refractivity contribution in [3.05, 3.63) is 35.8 Å². The van der Waals surface area contributed by atoms with Gasteiger partial charge in [0, 0.05) is 24.0 Å². The molecule has 2 N–H and O–H groups in total. The number of aromatic amines is 1. The first kappa shape index (κ1) is 18.6. The Hall–Kier alpha value is -2.47. The predicted molar refractivity (Wildman–Crippen MR) is 115 cm³/mol. The van der Waals surface area contributed by atoms with Gasteiger partial charge in [-0.1, -0.05) is 31.9 Å². The van der Waals surface area contributed by atoms with E-state index in [2.05, 4.69) is 22.0 Å². The van der Waals surface area contributed by atoms with Gasteiger partial charge in [0.2, 0.25) is 0 Å². The minimum atomic E-state index is -0.0973. The van der Waals surface area contributed by atoms with Crippen molar-refractivity contribution in [3.63, 3.8) is 0 Å². The van der Waals surface area contributed by atoms with E-state index < -0.39 is 0 Å². The molecule has 2 fully saturated rings. The summed E-state index contributed by atoms with van der Waals surface area (Å²) in [6.07, 6.45) is 8.37. The Morgan fingerprint density at radius 1 is 1.21 bits per heavy atom. The Morgan fingerprint density at radius 3 is 2.76 bits per heavy atom. The summed E-state index contributed by atoms with van der Waals surface area (Å²) in [5.74, 6) is 1.69. The SMILES string of the molecule is Cc1nc(N2CCC3(CCC[C@H]3C)CC2)c(CO)nc1-c1ccc2cn[nH]c2c1. The Kier molecular flexibility index (Phi) is 4.54. The van der Waals surface area contributed by atoms with Gasteiger partial charge in [0.05, 0.1) is 29.7 Å². The molecule has 1 saturated heterocycles. The van der Waals surface area contributed by atoms with E-state index in [4.69, 9.17) is 9.97 Å². The van der Waals surface area contributed by atoms with Crippen LogP contribution in [0.15, 0.2) is 24.4 Å². The molecule has 6 heteroatoms. The minimum absolute atomic E-state index is 0.0973. The van der Waals surface area contributed by atoms with E-state index in [1.54, 1.807) is 0 Å². The molecule has 1 aliphatic carbocycles. The number of aliphatic hydroxyl groups is 1. The average molecular weight is 392 g/mol. The first-order valence-corrected chi connectivity index (χ1v) is 10.8. The minimum Gasteiger partial charge on any atom is -0.390 e. The highest BCUT2D eigenvalue weighted by Gasteiger charge is 2.42. The third kappa shape index (κ3) is 3.10. The maximum absolute atomic E-state index is 10.1. The highest BCUT2D eigenvalue weighted by molar-refractivity contribution is 5.83. The smallest absolute Gasteiger partial charge is 0.153 e. The van der Waals surface area contributed by atoms with E-state index in [9.17, 15) is 5.11 Å². The third-order valence-corrected chi connectivity index (χ3v) is 7.40. The number of aryl methyl sites for hydroxylation is 1. The lowest BCUT2D eigenvalue weighted by Gasteiger charge is -2.43. The van der Waals surface area contributed by atoms with Gasteiger partial charge in [-0.15, -0.1) is 0 Å². The van der Waals surface area contributed by atoms with Crippen LogP contribution in [0.2, 0.25) is 0 Å². The van der Waals surface area contributed by atoms with Crippen molar-refractivity contribution in [2.45, 2.75) is 52.6 Å². The van der Waals surface area contributed by atoms with Gasteiger partial charge < -0.3 is 10.0 Å². The second-order valence-electron chi connectivity index (χ2n) is 8.90. The van der Waals surface area contributed by atoms with Crippen LogP contribution >= 0.6 is 0 Å². The summed E-state index contributed by atoms with van der Waals surface area (Å²) in [4.78, 5) is 12.1. The topological polar surface area (TPSA) is 77.9 Å². The number of aromatic nitrogens is 4. The van der Waals surface area contributed by atoms with Gasteiger partial charge in [0.15, 0.2) is 5.82 Å². The van der Waals surface area contributed by atoms with Crippen LogP contribution in [0.5, 0.6) is 0 Å². The van der Waals surface area contributed by atoms with Crippen LogP contribution in [0.25, 0.3) is 22.2 Å². The predicted octanol–water partition coefficient (Wildman–Crippen LogP) is 4.23. The normalized spacial score (nSPS) is 21.3. The molecule has 29 heavy (non-hydrogen) atoms. The molecule has 0 unspecified atom stereocenters. The molecule has 1 atom stereocenters. The molecule has 0 bridgehead atoms. The van der Waals surface area contributed by atoms with Gasteiger partial charge in [-0.25, -0.2) is 9.97 Å². The zero-order valence-corrected chi connectivity index (χ0v) is 17.3. The summed E-state index contributed by atoms with van der Waals surface area (Å²) in [5.41, 5.74) is 4.89. The monoisotopic (exact) mass is 391 g/mol. The summed E-state index contributed by atoms with van der Waals surface area (Å²) >= 11 is 0. The second-order valence-corrected chi connectivity index (χ2v) is 8.90. The molecule has 0 amide bonds. The Balaban J connectivity index is 1.45. The van der Waals surface area contributed by atoms with Crippen LogP contribution in [0.4, 0.5) is 5.82 Å². The van der Waals surface area contributed by atoms with Crippen LogP contribution in [-0.4, -0.2) is 38.4 Å². The van der Waals surface area contributed by atoms with Crippen LogP contribution in [0, 0.1) is 18.3 Å². The zero-order chi connectivity index (χ0) is 20.0. The second kappa shape index (κ2) is 7.10. The Bertz CT molecular complexity index is 1030. The van der Waals surface area contributed by atoms with E-state index in [0.29, 0.717) is 11.1 Å². The highest BCUT2D eigenvalue weighted by Crippen LogP contribution is 2.50. The van der Waals surface area contributed by atoms with E-state index >= 15 is 0 Å². The Morgan fingerprint density at radius 2 is 2.03 bits per heavy atom. The van der Waals surface area contributed by atoms with Gasteiger partial charge in [-0.05, 0) is 43.6 Å². The fraction of sp³-hybridized carbons (Fsp3) is 0.522. The number of piperidine rings is 1. The van der Waals surface area contributed by atoms with Crippen molar-refractivity contribution >= 4 is 16.7 Å². The third-order valence-electron chi connectivity index (χ3n) is 7.40. The van der Waals surface area contributed by atoms with Gasteiger partial charge in [-0.2, -0.15) is 5.10 Å². The van der Waals surface area contributed by atoms with Crippen molar-refractivity contribution in [2.24, 2.45) is 11.3 Å². The molecule has 1 saturated carbocycles. The summed E-state index contributed by atoms with van der Waals surface area (Å²) in [5, 5.41) is 18.2. The molecule has 1 aromatic carbocycles. The van der Waals surface area contributed by atoms with Crippen LogP contribution in [0.1, 0.15) is 50.4 Å². The van der Waals surface area contributed by atoms with Crippen molar-refractivity contribution in [1.82, 2.24) is 20.2 Å². The van der Waals surface area contributed by atoms with Gasteiger partial charge in [0.1, 0.15) is 5.69 Å². The molecule has 2 aromatic heterocycles. The van der Waals surface area contributed by atoms with Crippen molar-refractivity contribution in [1.29, 1.82) is 0 Å². The summed E-state index contributed by atoms with van der Waals surface area (Å²) in [6.45, 7) is 6.35. The lowest BCUT2D eigenvalue weighted by molar-refractivity contribution is 0.161. The quantitative estimate of drug-likeness (QED) is 0.699. The van der Waals surface area contributed by atoms with Crippen LogP contribution < -0.4 is 4.90 Å². The molecule has 1 spiro atoms. The summed E-state index contributed by atoms with van der Waals surface area (Å²) in [6, 6.07) is 6.13. The molecule has 6 nitrogen and oxygen atoms in total. The standard InChI is InChI=1S/C23H29N5O/c1-15-4-3-7-23(15)8-10-28(11-9-23)22-20(14-29)26-21(16(2)25-22)17-5-6-18-13-24-27-19(18)12-17/h5-6,12-13,15,29H,3-4,7-11,14H2,1-2H3,(H,24,27)/t15-/m1/s1. The summed E-state index contributed by atoms with van der Waals surface area (Å²) < 4.78 is 0. The van der Waals surface area contributed by atoms with E-state index in [1.165, 1.54) is 32.1 Å². The fourth-order valence-corrected chi connectivity index (χ4v) is 5.48. The average Bonchev–Trinajstić information content (AvgIpc) is 3.35. The fourth-order valence-electron chi connectivity index (χ4n) is 5.48. The van der Waals surface area contributed by atoms with Crippen molar-refractivity contribution in [2.75, 3.05) is 18.0 Å². The first-order valence-electron chi connectivity index (χ1n) is 10.8. The molecule has 3 aromatic rings. The maximum Gasteiger partial charge on any atom is 0.153 e. The zero-order valence-electron chi connectivity index (χ0n) is 17.3. The molecule has 5 rings (SSSR count). The van der Waals surface area contributed by atoms with Crippen LogP contribution in [0.3, 0.4) is 0 Å². The molecule has 2 aliphatic rings. The summed E-state index contributed by atoms with van der Waals surface area (Å²) in [7, 11) is 0. The number of fused-ring (bicyclic) bond motifs is 1. The molecular weight excluding hydrogens is 362 g/mol. The van der Waals surface area contributed by atoms with E-state index in [0.717, 1.165) is 52.7 Å². The molecule has 0 radical (unpaired) electrons. The molecule has 152 valence electrons. The van der Waals surface area contributed by atoms with E-state index in [-0.39, 0.29) is 6.61 Å². The van der Waals surface area contributed by atoms with Crippen molar-refractivity contribution in [3.8, 4) is 11.3 Å². The number of rotatable bonds is 3. The molecule has 1 aliphatic heterocycles. The lowest BCUT2D eigenvalue weighted by atomic mass is 9.71. The lowest BCUT2D eigenvalue weighted by Crippen LogP contribution is -2.42. The van der Waals surface area contributed by atoms with Crippen molar-refractivity contribution < 1.29 is 5.11 Å². The number of anilines is 1. The number of nitrogens with zero attached hydrogens (tertiary/aromatic N) is 4. The number of benzene rings is 1. The van der Waals surface area contributed by atoms with E-state index in [1.807, 2.05) is 31.3 Å². The molecular formula is C23H29N5O. The largest absolute Gasteiger partial charge is 0.390 e. The van der Waals surface area contributed by atoms with Gasteiger partial charge in [-0.3, -0.25) is 5.10 Å². The number of aliphatic hydroxyl groups excluding tert-OH is 1.